The molecule has 4 nitrogen and oxygen atoms in total. The van der Waals surface area contributed by atoms with Gasteiger partial charge in [0.25, 0.3) is 0 Å². The van der Waals surface area contributed by atoms with Crippen molar-refractivity contribution in [3.63, 3.8) is 0 Å². The van der Waals surface area contributed by atoms with Crippen molar-refractivity contribution in [3.8, 4) is 5.75 Å². The van der Waals surface area contributed by atoms with Crippen LogP contribution in [0.15, 0.2) is 54.6 Å². The van der Waals surface area contributed by atoms with Gasteiger partial charge in [0.1, 0.15) is 12.4 Å². The zero-order valence-corrected chi connectivity index (χ0v) is 17.0. The quantitative estimate of drug-likeness (QED) is 0.672. The number of carbonyl (C=O) groups excluding carboxylic acids is 1. The number of hydrogen-bond donors (Lipinski definition) is 0. The number of likely N-dealkylation sites (tertiary alicyclic amines) is 1. The van der Waals surface area contributed by atoms with Gasteiger partial charge in [-0.25, -0.2) is 0 Å². The number of hydrogen-bond acceptors (Lipinski definition) is 3. The second kappa shape index (κ2) is 9.74. The Balaban J connectivity index is 1.83. The highest BCUT2D eigenvalue weighted by atomic mass is 16.5. The van der Waals surface area contributed by atoms with Gasteiger partial charge in [-0.2, -0.15) is 0 Å². The molecule has 0 aliphatic carbocycles. The molecule has 3 rings (SSSR count). The lowest BCUT2D eigenvalue weighted by molar-refractivity contribution is -0.137. The van der Waals surface area contributed by atoms with Gasteiger partial charge in [-0.05, 0) is 42.5 Å². The highest BCUT2D eigenvalue weighted by Gasteiger charge is 2.42. The van der Waals surface area contributed by atoms with Crippen LogP contribution < -0.4 is 4.74 Å². The monoisotopic (exact) mass is 381 g/mol. The summed E-state index contributed by atoms with van der Waals surface area (Å²) in [6, 6.07) is 18.3. The minimum atomic E-state index is -0.476. The Bertz CT molecular complexity index is 761. The minimum Gasteiger partial charge on any atom is -0.489 e. The molecular formula is C24H31NO3. The van der Waals surface area contributed by atoms with Crippen LogP contribution in [0.4, 0.5) is 0 Å². The summed E-state index contributed by atoms with van der Waals surface area (Å²) < 4.78 is 11.2. The maximum Gasteiger partial charge on any atom is 0.233 e. The first-order chi connectivity index (χ1) is 13.7. The number of benzene rings is 2. The Labute approximate surface area is 168 Å². The molecule has 1 amide bonds. The highest BCUT2D eigenvalue weighted by Crippen LogP contribution is 2.39. The molecule has 28 heavy (non-hydrogen) atoms. The summed E-state index contributed by atoms with van der Waals surface area (Å²) in [5.41, 5.74) is 1.72. The van der Waals surface area contributed by atoms with Crippen molar-refractivity contribution in [2.45, 2.75) is 44.6 Å². The van der Waals surface area contributed by atoms with Crippen LogP contribution in [0.1, 0.15) is 43.7 Å². The zero-order chi connectivity index (χ0) is 19.8. The molecule has 1 saturated heterocycles. The van der Waals surface area contributed by atoms with Gasteiger partial charge in [0.2, 0.25) is 5.91 Å². The molecule has 1 aliphatic heterocycles. The Morgan fingerprint density at radius 2 is 1.89 bits per heavy atom. The van der Waals surface area contributed by atoms with Gasteiger partial charge in [-0.1, -0.05) is 55.8 Å². The molecule has 0 spiro atoms. The molecule has 1 fully saturated rings. The Kier molecular flexibility index (Phi) is 7.10. The van der Waals surface area contributed by atoms with Crippen LogP contribution in [-0.2, 0) is 21.6 Å². The van der Waals surface area contributed by atoms with Crippen LogP contribution in [0, 0.1) is 0 Å². The minimum absolute atomic E-state index is 0.227. The first-order valence-corrected chi connectivity index (χ1v) is 10.2. The Morgan fingerprint density at radius 3 is 2.64 bits per heavy atom. The van der Waals surface area contributed by atoms with E-state index in [4.69, 9.17) is 9.47 Å². The van der Waals surface area contributed by atoms with Crippen molar-refractivity contribution >= 4 is 5.91 Å². The third kappa shape index (κ3) is 4.56. The number of nitrogens with zero attached hydrogens (tertiary/aromatic N) is 1. The average Bonchev–Trinajstić information content (AvgIpc) is 2.91. The smallest absolute Gasteiger partial charge is 0.233 e. The number of carbonyl (C=O) groups is 1. The standard InChI is InChI=1S/C24H31NO3/c1-3-24(14-7-8-15-25(23(24)26)16-17-27-2)21-12-9-13-22(18-21)28-19-20-10-5-4-6-11-20/h4-6,9-13,18H,3,7-8,14-17,19H2,1-2H3. The molecule has 150 valence electrons. The average molecular weight is 382 g/mol. The van der Waals surface area contributed by atoms with E-state index in [9.17, 15) is 4.79 Å². The van der Waals surface area contributed by atoms with Crippen molar-refractivity contribution < 1.29 is 14.3 Å². The van der Waals surface area contributed by atoms with E-state index in [0.717, 1.165) is 49.1 Å². The van der Waals surface area contributed by atoms with Gasteiger partial charge in [0.15, 0.2) is 0 Å². The third-order valence-corrected chi connectivity index (χ3v) is 5.78. The van der Waals surface area contributed by atoms with Gasteiger partial charge >= 0.3 is 0 Å². The molecule has 0 aromatic heterocycles. The lowest BCUT2D eigenvalue weighted by Crippen LogP contribution is -2.46. The van der Waals surface area contributed by atoms with Gasteiger partial charge in [-0.15, -0.1) is 0 Å². The van der Waals surface area contributed by atoms with E-state index in [2.05, 4.69) is 31.2 Å². The number of rotatable bonds is 8. The molecule has 0 saturated carbocycles. The second-order valence-corrected chi connectivity index (χ2v) is 7.48. The molecule has 0 radical (unpaired) electrons. The predicted molar refractivity (Wildman–Crippen MR) is 111 cm³/mol. The fraction of sp³-hybridized carbons (Fsp3) is 0.458. The van der Waals surface area contributed by atoms with Crippen molar-refractivity contribution in [2.24, 2.45) is 0 Å². The largest absolute Gasteiger partial charge is 0.489 e. The third-order valence-electron chi connectivity index (χ3n) is 5.78. The summed E-state index contributed by atoms with van der Waals surface area (Å²) in [7, 11) is 1.68. The van der Waals surface area contributed by atoms with Gasteiger partial charge in [0, 0.05) is 20.2 Å². The molecule has 1 heterocycles. The predicted octanol–water partition coefficient (Wildman–Crippen LogP) is 4.57. The summed E-state index contributed by atoms with van der Waals surface area (Å²) in [5.74, 6) is 1.04. The molecule has 1 aliphatic rings. The fourth-order valence-corrected chi connectivity index (χ4v) is 4.08. The van der Waals surface area contributed by atoms with E-state index in [1.165, 1.54) is 0 Å². The SMILES string of the molecule is CCC1(c2cccc(OCc3ccccc3)c2)CCCCN(CCOC)C1=O. The van der Waals surface area contributed by atoms with Crippen LogP contribution in [0.25, 0.3) is 0 Å². The molecular weight excluding hydrogens is 350 g/mol. The molecule has 1 atom stereocenters. The van der Waals surface area contributed by atoms with Crippen molar-refractivity contribution in [2.75, 3.05) is 26.8 Å². The fourth-order valence-electron chi connectivity index (χ4n) is 4.08. The summed E-state index contributed by atoms with van der Waals surface area (Å²) in [6.07, 6.45) is 3.77. The summed E-state index contributed by atoms with van der Waals surface area (Å²) in [5, 5.41) is 0. The maximum absolute atomic E-state index is 13.5. The summed E-state index contributed by atoms with van der Waals surface area (Å²) in [6.45, 7) is 4.69. The Morgan fingerprint density at radius 1 is 1.07 bits per heavy atom. The number of ether oxygens (including phenoxy) is 2. The number of methoxy groups -OCH3 is 1. The lowest BCUT2D eigenvalue weighted by atomic mass is 9.73. The topological polar surface area (TPSA) is 38.8 Å². The van der Waals surface area contributed by atoms with E-state index in [0.29, 0.717) is 19.8 Å². The molecule has 1 unspecified atom stereocenters. The van der Waals surface area contributed by atoms with Crippen LogP contribution in [0.2, 0.25) is 0 Å². The van der Waals surface area contributed by atoms with Gasteiger partial charge < -0.3 is 14.4 Å². The first kappa shape index (κ1) is 20.4. The van der Waals surface area contributed by atoms with E-state index >= 15 is 0 Å². The molecule has 2 aromatic rings. The van der Waals surface area contributed by atoms with E-state index in [1.54, 1.807) is 7.11 Å². The summed E-state index contributed by atoms with van der Waals surface area (Å²) in [4.78, 5) is 15.5. The van der Waals surface area contributed by atoms with Gasteiger partial charge in [0.05, 0.1) is 12.0 Å². The molecule has 0 N–H and O–H groups in total. The maximum atomic E-state index is 13.5. The van der Waals surface area contributed by atoms with Crippen LogP contribution in [-0.4, -0.2) is 37.6 Å². The molecule has 4 heteroatoms. The van der Waals surface area contributed by atoms with Crippen LogP contribution in [0.5, 0.6) is 5.75 Å². The first-order valence-electron chi connectivity index (χ1n) is 10.2. The summed E-state index contributed by atoms with van der Waals surface area (Å²) >= 11 is 0. The van der Waals surface area contributed by atoms with Crippen LogP contribution in [0.3, 0.4) is 0 Å². The Hall–Kier alpha value is -2.33. The zero-order valence-electron chi connectivity index (χ0n) is 17.0. The normalized spacial score (nSPS) is 20.1. The highest BCUT2D eigenvalue weighted by molar-refractivity contribution is 5.88. The number of amides is 1. The van der Waals surface area contributed by atoms with Gasteiger partial charge in [-0.3, -0.25) is 4.79 Å². The van der Waals surface area contributed by atoms with Crippen molar-refractivity contribution in [3.05, 3.63) is 65.7 Å². The van der Waals surface area contributed by atoms with Crippen molar-refractivity contribution in [1.29, 1.82) is 0 Å². The molecule has 2 aromatic carbocycles. The van der Waals surface area contributed by atoms with E-state index < -0.39 is 5.41 Å². The lowest BCUT2D eigenvalue weighted by Gasteiger charge is -2.35. The van der Waals surface area contributed by atoms with Crippen LogP contribution >= 0.6 is 0 Å². The van der Waals surface area contributed by atoms with E-state index in [-0.39, 0.29) is 5.91 Å². The van der Waals surface area contributed by atoms with Crippen molar-refractivity contribution in [1.82, 2.24) is 4.90 Å². The molecule has 0 bridgehead atoms. The van der Waals surface area contributed by atoms with E-state index in [1.807, 2.05) is 35.2 Å². The second-order valence-electron chi connectivity index (χ2n) is 7.48.